The molecule has 0 bridgehead atoms. The van der Waals surface area contributed by atoms with Crippen LogP contribution in [-0.4, -0.2) is 21.4 Å². The Bertz CT molecular complexity index is 913. The van der Waals surface area contributed by atoms with Crippen LogP contribution in [0.15, 0.2) is 23.0 Å². The van der Waals surface area contributed by atoms with Crippen molar-refractivity contribution in [2.75, 3.05) is 6.54 Å². The summed E-state index contributed by atoms with van der Waals surface area (Å²) in [7, 11) is 0. The van der Waals surface area contributed by atoms with Crippen molar-refractivity contribution >= 4 is 0 Å². The fraction of sp³-hybridized carbons (Fsp3) is 0.474. The number of aromatic amines is 1. The SMILES string of the molecule is CC(C)(C)c1nc2c(c(=O)[nH]1)CCN(Cc1ccc(C(F)(F)F)cc1F)C2. The van der Waals surface area contributed by atoms with E-state index < -0.39 is 17.6 Å². The third-order valence-corrected chi connectivity index (χ3v) is 4.64. The highest BCUT2D eigenvalue weighted by Crippen LogP contribution is 2.30. The van der Waals surface area contributed by atoms with E-state index in [1.54, 1.807) is 0 Å². The molecule has 1 aliphatic heterocycles. The van der Waals surface area contributed by atoms with Crippen LogP contribution in [0.2, 0.25) is 0 Å². The van der Waals surface area contributed by atoms with Crippen molar-refractivity contribution in [1.82, 2.24) is 14.9 Å². The van der Waals surface area contributed by atoms with Crippen molar-refractivity contribution in [3.8, 4) is 0 Å². The molecule has 0 saturated carbocycles. The number of nitrogens with zero attached hydrogens (tertiary/aromatic N) is 2. The molecule has 3 rings (SSSR count). The Morgan fingerprint density at radius 2 is 1.93 bits per heavy atom. The number of nitrogens with one attached hydrogen (secondary N) is 1. The lowest BCUT2D eigenvalue weighted by molar-refractivity contribution is -0.137. The van der Waals surface area contributed by atoms with Gasteiger partial charge in [-0.1, -0.05) is 26.8 Å². The Morgan fingerprint density at radius 3 is 2.52 bits per heavy atom. The number of halogens is 4. The minimum atomic E-state index is -4.57. The van der Waals surface area contributed by atoms with Gasteiger partial charge in [-0.2, -0.15) is 13.2 Å². The first-order valence-corrected chi connectivity index (χ1v) is 8.65. The van der Waals surface area contributed by atoms with Crippen molar-refractivity contribution in [2.45, 2.75) is 51.9 Å². The summed E-state index contributed by atoms with van der Waals surface area (Å²) < 4.78 is 52.2. The largest absolute Gasteiger partial charge is 0.416 e. The Labute approximate surface area is 154 Å². The average molecular weight is 383 g/mol. The highest BCUT2D eigenvalue weighted by Gasteiger charge is 2.31. The van der Waals surface area contributed by atoms with Gasteiger partial charge in [-0.15, -0.1) is 0 Å². The zero-order valence-electron chi connectivity index (χ0n) is 15.4. The van der Waals surface area contributed by atoms with Gasteiger partial charge in [-0.3, -0.25) is 9.69 Å². The maximum atomic E-state index is 14.1. The van der Waals surface area contributed by atoms with E-state index in [4.69, 9.17) is 0 Å². The predicted molar refractivity (Wildman–Crippen MR) is 92.8 cm³/mol. The van der Waals surface area contributed by atoms with Crippen molar-refractivity contribution in [2.24, 2.45) is 0 Å². The lowest BCUT2D eigenvalue weighted by Gasteiger charge is -2.29. The zero-order chi connectivity index (χ0) is 20.0. The maximum absolute atomic E-state index is 14.1. The van der Waals surface area contributed by atoms with Crippen LogP contribution in [0, 0.1) is 5.82 Å². The molecule has 27 heavy (non-hydrogen) atoms. The van der Waals surface area contributed by atoms with E-state index in [9.17, 15) is 22.4 Å². The van der Waals surface area contributed by atoms with E-state index in [1.807, 2.05) is 25.7 Å². The van der Waals surface area contributed by atoms with Crippen molar-refractivity contribution < 1.29 is 17.6 Å². The van der Waals surface area contributed by atoms with E-state index in [2.05, 4.69) is 9.97 Å². The Morgan fingerprint density at radius 1 is 1.22 bits per heavy atom. The van der Waals surface area contributed by atoms with Crippen LogP contribution in [0.25, 0.3) is 0 Å². The van der Waals surface area contributed by atoms with Gasteiger partial charge in [-0.05, 0) is 18.6 Å². The summed E-state index contributed by atoms with van der Waals surface area (Å²) in [5.74, 6) is -0.307. The molecule has 8 heteroatoms. The third kappa shape index (κ3) is 4.21. The summed E-state index contributed by atoms with van der Waals surface area (Å²) in [6.07, 6.45) is -4.11. The van der Waals surface area contributed by atoms with Gasteiger partial charge in [0.1, 0.15) is 11.6 Å². The molecule has 0 spiro atoms. The molecule has 2 aromatic rings. The van der Waals surface area contributed by atoms with Gasteiger partial charge in [0.2, 0.25) is 0 Å². The fourth-order valence-corrected chi connectivity index (χ4v) is 3.08. The number of aromatic nitrogens is 2. The number of rotatable bonds is 2. The molecular formula is C19H21F4N3O. The first-order chi connectivity index (χ1) is 12.4. The topological polar surface area (TPSA) is 49.0 Å². The molecule has 0 radical (unpaired) electrons. The van der Waals surface area contributed by atoms with E-state index in [1.165, 1.54) is 6.07 Å². The smallest absolute Gasteiger partial charge is 0.310 e. The van der Waals surface area contributed by atoms with Crippen molar-refractivity contribution in [1.29, 1.82) is 0 Å². The first-order valence-electron chi connectivity index (χ1n) is 8.65. The standard InChI is InChI=1S/C19H21F4N3O/c1-18(2,3)17-24-15-10-26(7-6-13(15)16(27)25-17)9-11-4-5-12(8-14(11)20)19(21,22)23/h4-5,8H,6-7,9-10H2,1-3H3,(H,24,25,27). The summed E-state index contributed by atoms with van der Waals surface area (Å²) in [6, 6.07) is 2.57. The van der Waals surface area contributed by atoms with E-state index in [0.717, 1.165) is 6.07 Å². The molecule has 0 saturated heterocycles. The summed E-state index contributed by atoms with van der Waals surface area (Å²) in [6.45, 7) is 6.83. The highest BCUT2D eigenvalue weighted by atomic mass is 19.4. The molecule has 0 atom stereocenters. The van der Waals surface area contributed by atoms with Gasteiger partial charge < -0.3 is 4.98 Å². The molecule has 1 N–H and O–H groups in total. The van der Waals surface area contributed by atoms with Crippen molar-refractivity contribution in [3.63, 3.8) is 0 Å². The van der Waals surface area contributed by atoms with Crippen LogP contribution in [0.1, 0.15) is 49.0 Å². The Balaban J connectivity index is 1.83. The number of benzene rings is 1. The fourth-order valence-electron chi connectivity index (χ4n) is 3.08. The lowest BCUT2D eigenvalue weighted by Crippen LogP contribution is -2.36. The number of hydrogen-bond acceptors (Lipinski definition) is 3. The predicted octanol–water partition coefficient (Wildman–Crippen LogP) is 3.78. The van der Waals surface area contributed by atoms with Gasteiger partial charge in [-0.25, -0.2) is 9.37 Å². The quantitative estimate of drug-likeness (QED) is 0.803. The number of alkyl halides is 3. The van der Waals surface area contributed by atoms with Crippen molar-refractivity contribution in [3.05, 3.63) is 62.6 Å². The molecule has 1 aliphatic rings. The van der Waals surface area contributed by atoms with Gasteiger partial charge >= 0.3 is 6.18 Å². The van der Waals surface area contributed by atoms with Crippen LogP contribution in [0.5, 0.6) is 0 Å². The molecule has 146 valence electrons. The minimum Gasteiger partial charge on any atom is -0.310 e. The molecule has 0 fully saturated rings. The molecule has 0 amide bonds. The summed E-state index contributed by atoms with van der Waals surface area (Å²) in [4.78, 5) is 21.6. The third-order valence-electron chi connectivity index (χ3n) is 4.64. The number of hydrogen-bond donors (Lipinski definition) is 1. The van der Waals surface area contributed by atoms with Crippen LogP contribution in [0.4, 0.5) is 17.6 Å². The average Bonchev–Trinajstić information content (AvgIpc) is 2.54. The summed E-state index contributed by atoms with van der Waals surface area (Å²) >= 11 is 0. The molecule has 2 heterocycles. The van der Waals surface area contributed by atoms with Gasteiger partial charge in [0, 0.05) is 36.2 Å². The highest BCUT2D eigenvalue weighted by molar-refractivity contribution is 5.27. The van der Waals surface area contributed by atoms with E-state index in [0.29, 0.717) is 42.7 Å². The van der Waals surface area contributed by atoms with E-state index in [-0.39, 0.29) is 23.1 Å². The van der Waals surface area contributed by atoms with Crippen LogP contribution >= 0.6 is 0 Å². The molecular weight excluding hydrogens is 362 g/mol. The Kier molecular flexibility index (Phi) is 4.88. The maximum Gasteiger partial charge on any atom is 0.416 e. The number of fused-ring (bicyclic) bond motifs is 1. The molecule has 0 aliphatic carbocycles. The number of H-pyrrole nitrogens is 1. The summed E-state index contributed by atoms with van der Waals surface area (Å²) in [5.41, 5.74) is -0.0431. The normalized spacial score (nSPS) is 15.7. The first kappa shape index (κ1) is 19.5. The molecule has 1 aromatic heterocycles. The second kappa shape index (κ2) is 6.74. The van der Waals surface area contributed by atoms with E-state index >= 15 is 0 Å². The zero-order valence-corrected chi connectivity index (χ0v) is 15.4. The second-order valence-corrected chi connectivity index (χ2v) is 7.85. The Hall–Kier alpha value is -2.22. The van der Waals surface area contributed by atoms with Crippen LogP contribution in [0.3, 0.4) is 0 Å². The molecule has 0 unspecified atom stereocenters. The minimum absolute atomic E-state index is 0.155. The monoisotopic (exact) mass is 383 g/mol. The van der Waals surface area contributed by atoms with Crippen LogP contribution in [-0.2, 0) is 31.1 Å². The molecule has 4 nitrogen and oxygen atoms in total. The van der Waals surface area contributed by atoms with Crippen LogP contribution < -0.4 is 5.56 Å². The van der Waals surface area contributed by atoms with Gasteiger partial charge in [0.25, 0.3) is 5.56 Å². The van der Waals surface area contributed by atoms with Gasteiger partial charge in [0.15, 0.2) is 0 Å². The van der Waals surface area contributed by atoms with Gasteiger partial charge in [0.05, 0.1) is 11.3 Å². The lowest BCUT2D eigenvalue weighted by atomic mass is 9.95. The molecule has 1 aromatic carbocycles. The second-order valence-electron chi connectivity index (χ2n) is 7.85. The summed E-state index contributed by atoms with van der Waals surface area (Å²) in [5, 5.41) is 0.